The molecule has 1 fully saturated rings. The normalized spacial score (nSPS) is 17.9. The molecule has 1 atom stereocenters. The summed E-state index contributed by atoms with van der Waals surface area (Å²) in [5.41, 5.74) is -0.636. The minimum absolute atomic E-state index is 0.367. The molecule has 0 aromatic rings. The standard InChI is InChI=1S/C15H28N2O4/c1-15(2,3)21-14(20)17-12(10-18)13(19)16-9-11-7-5-4-6-8-11/h11-12,18H,4-10H2,1-3H3,(H,16,19)(H,17,20). The quantitative estimate of drug-likeness (QED) is 0.719. The van der Waals surface area contributed by atoms with Crippen LogP contribution in [0.2, 0.25) is 0 Å². The fourth-order valence-corrected chi connectivity index (χ4v) is 2.40. The van der Waals surface area contributed by atoms with E-state index in [1.54, 1.807) is 20.8 Å². The minimum atomic E-state index is -0.969. The molecular weight excluding hydrogens is 272 g/mol. The Morgan fingerprint density at radius 1 is 1.24 bits per heavy atom. The summed E-state index contributed by atoms with van der Waals surface area (Å²) in [6.45, 7) is 5.37. The lowest BCUT2D eigenvalue weighted by atomic mass is 9.89. The first kappa shape index (κ1) is 17.8. The molecule has 1 rings (SSSR count). The van der Waals surface area contributed by atoms with E-state index in [0.29, 0.717) is 12.5 Å². The lowest BCUT2D eigenvalue weighted by molar-refractivity contribution is -0.124. The molecule has 122 valence electrons. The number of aliphatic hydroxyl groups excluding tert-OH is 1. The zero-order chi connectivity index (χ0) is 15.9. The SMILES string of the molecule is CC(C)(C)OC(=O)NC(CO)C(=O)NCC1CCCCC1. The van der Waals surface area contributed by atoms with Crippen molar-refractivity contribution in [2.75, 3.05) is 13.2 Å². The predicted octanol–water partition coefficient (Wildman–Crippen LogP) is 1.57. The summed E-state index contributed by atoms with van der Waals surface area (Å²) < 4.78 is 5.07. The summed E-state index contributed by atoms with van der Waals surface area (Å²) in [6, 6.07) is -0.969. The number of carbonyl (C=O) groups is 2. The molecule has 0 spiro atoms. The second kappa shape index (κ2) is 8.22. The van der Waals surface area contributed by atoms with Crippen molar-refractivity contribution in [3.63, 3.8) is 0 Å². The Balaban J connectivity index is 2.36. The third kappa shape index (κ3) is 7.32. The van der Waals surface area contributed by atoms with Crippen molar-refractivity contribution in [2.24, 2.45) is 5.92 Å². The molecule has 1 aliphatic carbocycles. The van der Waals surface area contributed by atoms with E-state index in [4.69, 9.17) is 4.74 Å². The molecule has 1 aliphatic rings. The second-order valence-corrected chi connectivity index (χ2v) is 6.63. The van der Waals surface area contributed by atoms with Crippen LogP contribution < -0.4 is 10.6 Å². The number of nitrogens with one attached hydrogen (secondary N) is 2. The van der Waals surface area contributed by atoms with E-state index in [9.17, 15) is 14.7 Å². The van der Waals surface area contributed by atoms with E-state index in [2.05, 4.69) is 10.6 Å². The number of alkyl carbamates (subject to hydrolysis) is 1. The van der Waals surface area contributed by atoms with Crippen LogP contribution in [0.5, 0.6) is 0 Å². The van der Waals surface area contributed by atoms with E-state index < -0.39 is 24.3 Å². The van der Waals surface area contributed by atoms with Gasteiger partial charge in [-0.3, -0.25) is 4.79 Å². The molecule has 3 N–H and O–H groups in total. The number of amides is 2. The highest BCUT2D eigenvalue weighted by atomic mass is 16.6. The number of ether oxygens (including phenoxy) is 1. The van der Waals surface area contributed by atoms with Crippen molar-refractivity contribution in [2.45, 2.75) is 64.5 Å². The van der Waals surface area contributed by atoms with Gasteiger partial charge in [0, 0.05) is 6.54 Å². The minimum Gasteiger partial charge on any atom is -0.444 e. The van der Waals surface area contributed by atoms with Crippen molar-refractivity contribution in [3.8, 4) is 0 Å². The molecule has 0 heterocycles. The van der Waals surface area contributed by atoms with E-state index >= 15 is 0 Å². The Kier molecular flexibility index (Phi) is 6.95. The summed E-state index contributed by atoms with van der Waals surface area (Å²) in [5, 5.41) is 14.4. The summed E-state index contributed by atoms with van der Waals surface area (Å²) >= 11 is 0. The van der Waals surface area contributed by atoms with Crippen LogP contribution in [-0.2, 0) is 9.53 Å². The molecule has 1 unspecified atom stereocenters. The Morgan fingerprint density at radius 2 is 1.86 bits per heavy atom. The van der Waals surface area contributed by atoms with Gasteiger partial charge < -0.3 is 20.5 Å². The van der Waals surface area contributed by atoms with Gasteiger partial charge in [-0.1, -0.05) is 19.3 Å². The van der Waals surface area contributed by atoms with Crippen LogP contribution in [0.4, 0.5) is 4.79 Å². The van der Waals surface area contributed by atoms with Crippen LogP contribution >= 0.6 is 0 Å². The first-order valence-electron chi connectivity index (χ1n) is 7.70. The van der Waals surface area contributed by atoms with Gasteiger partial charge in [0.05, 0.1) is 6.61 Å². The Bertz CT molecular complexity index is 346. The maximum absolute atomic E-state index is 12.0. The number of aliphatic hydroxyl groups is 1. The molecule has 0 saturated heterocycles. The zero-order valence-electron chi connectivity index (χ0n) is 13.3. The van der Waals surface area contributed by atoms with E-state index in [1.165, 1.54) is 19.3 Å². The van der Waals surface area contributed by atoms with Crippen LogP contribution in [0.3, 0.4) is 0 Å². The fourth-order valence-electron chi connectivity index (χ4n) is 2.40. The van der Waals surface area contributed by atoms with Gasteiger partial charge in [0.25, 0.3) is 0 Å². The van der Waals surface area contributed by atoms with Crippen molar-refractivity contribution in [3.05, 3.63) is 0 Å². The van der Waals surface area contributed by atoms with Gasteiger partial charge in [-0.25, -0.2) is 4.79 Å². The third-order valence-electron chi connectivity index (χ3n) is 3.48. The van der Waals surface area contributed by atoms with Crippen LogP contribution in [0.15, 0.2) is 0 Å². The predicted molar refractivity (Wildman–Crippen MR) is 79.8 cm³/mol. The Hall–Kier alpha value is -1.30. The number of carbonyl (C=O) groups excluding carboxylic acids is 2. The van der Waals surface area contributed by atoms with E-state index in [-0.39, 0.29) is 5.91 Å². The number of rotatable bonds is 5. The first-order valence-corrected chi connectivity index (χ1v) is 7.70. The molecule has 0 aromatic heterocycles. The van der Waals surface area contributed by atoms with Gasteiger partial charge in [0.15, 0.2) is 0 Å². The van der Waals surface area contributed by atoms with Gasteiger partial charge in [0.1, 0.15) is 11.6 Å². The number of hydrogen-bond acceptors (Lipinski definition) is 4. The fraction of sp³-hybridized carbons (Fsp3) is 0.867. The number of hydrogen-bond donors (Lipinski definition) is 3. The van der Waals surface area contributed by atoms with Crippen LogP contribution in [-0.4, -0.2) is 41.9 Å². The summed E-state index contributed by atoms with van der Waals surface area (Å²) in [7, 11) is 0. The highest BCUT2D eigenvalue weighted by Gasteiger charge is 2.24. The van der Waals surface area contributed by atoms with Crippen molar-refractivity contribution in [1.82, 2.24) is 10.6 Å². The maximum atomic E-state index is 12.0. The maximum Gasteiger partial charge on any atom is 0.408 e. The highest BCUT2D eigenvalue weighted by Crippen LogP contribution is 2.22. The first-order chi connectivity index (χ1) is 9.81. The summed E-state index contributed by atoms with van der Waals surface area (Å²) in [6.07, 6.45) is 5.24. The van der Waals surface area contributed by atoms with E-state index in [1.807, 2.05) is 0 Å². The highest BCUT2D eigenvalue weighted by molar-refractivity contribution is 5.85. The molecule has 0 aliphatic heterocycles. The lowest BCUT2D eigenvalue weighted by Gasteiger charge is -2.24. The van der Waals surface area contributed by atoms with Gasteiger partial charge in [-0.05, 0) is 39.5 Å². The lowest BCUT2D eigenvalue weighted by Crippen LogP contribution is -2.50. The molecule has 6 heteroatoms. The van der Waals surface area contributed by atoms with E-state index in [0.717, 1.165) is 12.8 Å². The zero-order valence-corrected chi connectivity index (χ0v) is 13.3. The average molecular weight is 300 g/mol. The van der Waals surface area contributed by atoms with Gasteiger partial charge in [0.2, 0.25) is 5.91 Å². The Labute approximate surface area is 126 Å². The molecule has 6 nitrogen and oxygen atoms in total. The van der Waals surface area contributed by atoms with Gasteiger partial charge in [-0.15, -0.1) is 0 Å². The third-order valence-corrected chi connectivity index (χ3v) is 3.48. The van der Waals surface area contributed by atoms with Crippen LogP contribution in [0.1, 0.15) is 52.9 Å². The summed E-state index contributed by atoms with van der Waals surface area (Å²) in [5.74, 6) is 0.137. The van der Waals surface area contributed by atoms with Gasteiger partial charge >= 0.3 is 6.09 Å². The topological polar surface area (TPSA) is 87.7 Å². The van der Waals surface area contributed by atoms with Gasteiger partial charge in [-0.2, -0.15) is 0 Å². The largest absolute Gasteiger partial charge is 0.444 e. The monoisotopic (exact) mass is 300 g/mol. The average Bonchev–Trinajstić information content (AvgIpc) is 2.41. The van der Waals surface area contributed by atoms with Crippen molar-refractivity contribution in [1.29, 1.82) is 0 Å². The van der Waals surface area contributed by atoms with Crippen molar-refractivity contribution >= 4 is 12.0 Å². The van der Waals surface area contributed by atoms with Crippen LogP contribution in [0.25, 0.3) is 0 Å². The molecule has 2 amide bonds. The molecule has 0 bridgehead atoms. The second-order valence-electron chi connectivity index (χ2n) is 6.63. The molecule has 21 heavy (non-hydrogen) atoms. The van der Waals surface area contributed by atoms with Crippen LogP contribution in [0, 0.1) is 5.92 Å². The molecule has 0 aromatic carbocycles. The molecular formula is C15H28N2O4. The molecule has 1 saturated carbocycles. The Morgan fingerprint density at radius 3 is 2.38 bits per heavy atom. The molecule has 0 radical (unpaired) electrons. The summed E-state index contributed by atoms with van der Waals surface area (Å²) in [4.78, 5) is 23.6. The smallest absolute Gasteiger partial charge is 0.408 e. The van der Waals surface area contributed by atoms with Crippen molar-refractivity contribution < 1.29 is 19.4 Å².